The Morgan fingerprint density at radius 2 is 2.13 bits per heavy atom. The van der Waals surface area contributed by atoms with Gasteiger partial charge in [-0.05, 0) is 35.7 Å². The van der Waals surface area contributed by atoms with Gasteiger partial charge in [0.25, 0.3) is 0 Å². The molecular weight excluding hydrogens is 206 g/mol. The largest absolute Gasteiger partial charge is 0.298 e. The highest BCUT2D eigenvalue weighted by Gasteiger charge is 1.98. The van der Waals surface area contributed by atoms with E-state index in [1.54, 1.807) is 17.5 Å². The molecular formula is C12H9NOS. The summed E-state index contributed by atoms with van der Waals surface area (Å²) < 4.78 is 0. The highest BCUT2D eigenvalue weighted by Crippen LogP contribution is 2.17. The molecule has 0 saturated heterocycles. The summed E-state index contributed by atoms with van der Waals surface area (Å²) in [4.78, 5) is 15.8. The van der Waals surface area contributed by atoms with Crippen LogP contribution < -0.4 is 0 Å². The van der Waals surface area contributed by atoms with Crippen LogP contribution >= 0.6 is 11.3 Å². The summed E-state index contributed by atoms with van der Waals surface area (Å²) in [5.41, 5.74) is 1.62. The first-order chi connectivity index (χ1) is 7.40. The van der Waals surface area contributed by atoms with Gasteiger partial charge < -0.3 is 0 Å². The first-order valence-electron chi connectivity index (χ1n) is 4.52. The van der Waals surface area contributed by atoms with Crippen LogP contribution in [-0.2, 0) is 0 Å². The fourth-order valence-corrected chi connectivity index (χ4v) is 1.96. The number of pyridine rings is 1. The molecule has 0 aliphatic heterocycles. The van der Waals surface area contributed by atoms with E-state index in [1.807, 2.05) is 41.8 Å². The lowest BCUT2D eigenvalue weighted by molar-refractivity contribution is 0.112. The topological polar surface area (TPSA) is 30.0 Å². The van der Waals surface area contributed by atoms with Gasteiger partial charge in [-0.3, -0.25) is 9.78 Å². The molecule has 2 heterocycles. The molecule has 0 N–H and O–H groups in total. The summed E-state index contributed by atoms with van der Waals surface area (Å²) >= 11 is 1.55. The summed E-state index contributed by atoms with van der Waals surface area (Å²) in [5, 5.41) is 1.90. The Morgan fingerprint density at radius 1 is 1.20 bits per heavy atom. The summed E-state index contributed by atoms with van der Waals surface area (Å²) in [7, 11) is 0. The van der Waals surface area contributed by atoms with E-state index in [0.717, 1.165) is 22.4 Å². The van der Waals surface area contributed by atoms with Crippen molar-refractivity contribution >= 4 is 29.8 Å². The molecule has 2 aromatic rings. The number of hydrogen-bond acceptors (Lipinski definition) is 3. The number of thiophene rings is 1. The highest BCUT2D eigenvalue weighted by molar-refractivity contribution is 7.11. The molecule has 0 spiro atoms. The summed E-state index contributed by atoms with van der Waals surface area (Å²) in [5.74, 6) is 0. The van der Waals surface area contributed by atoms with Gasteiger partial charge in [0.05, 0.1) is 5.69 Å². The van der Waals surface area contributed by atoms with Gasteiger partial charge in [-0.2, -0.15) is 0 Å². The SMILES string of the molecule is O=Cc1ccsc1/C=C/c1ccccn1. The fraction of sp³-hybridized carbons (Fsp3) is 0. The molecule has 0 atom stereocenters. The van der Waals surface area contributed by atoms with Crippen molar-refractivity contribution in [3.05, 3.63) is 52.0 Å². The maximum Gasteiger partial charge on any atom is 0.151 e. The van der Waals surface area contributed by atoms with E-state index in [0.29, 0.717) is 0 Å². The molecule has 0 amide bonds. The Balaban J connectivity index is 2.22. The summed E-state index contributed by atoms with van der Waals surface area (Å²) in [6, 6.07) is 7.54. The Morgan fingerprint density at radius 3 is 2.87 bits per heavy atom. The lowest BCUT2D eigenvalue weighted by atomic mass is 10.2. The van der Waals surface area contributed by atoms with Crippen LogP contribution in [-0.4, -0.2) is 11.3 Å². The molecule has 15 heavy (non-hydrogen) atoms. The van der Waals surface area contributed by atoms with Gasteiger partial charge in [-0.25, -0.2) is 0 Å². The number of aldehydes is 1. The van der Waals surface area contributed by atoms with Gasteiger partial charge in [0.15, 0.2) is 6.29 Å². The lowest BCUT2D eigenvalue weighted by Gasteiger charge is -1.90. The van der Waals surface area contributed by atoms with Crippen molar-refractivity contribution < 1.29 is 4.79 Å². The molecule has 0 fully saturated rings. The van der Waals surface area contributed by atoms with Gasteiger partial charge in [-0.1, -0.05) is 6.07 Å². The average molecular weight is 215 g/mol. The Bertz CT molecular complexity index is 473. The Labute approximate surface area is 91.9 Å². The van der Waals surface area contributed by atoms with E-state index in [2.05, 4.69) is 4.98 Å². The lowest BCUT2D eigenvalue weighted by Crippen LogP contribution is -1.78. The molecule has 2 aromatic heterocycles. The third-order valence-corrected chi connectivity index (χ3v) is 2.85. The molecule has 0 unspecified atom stereocenters. The van der Waals surface area contributed by atoms with E-state index in [4.69, 9.17) is 0 Å². The number of hydrogen-bond donors (Lipinski definition) is 0. The minimum absolute atomic E-state index is 0.729. The van der Waals surface area contributed by atoms with Crippen LogP contribution in [0.2, 0.25) is 0 Å². The van der Waals surface area contributed by atoms with Crippen molar-refractivity contribution in [2.45, 2.75) is 0 Å². The van der Waals surface area contributed by atoms with Gasteiger partial charge in [0.2, 0.25) is 0 Å². The molecule has 0 aliphatic carbocycles. The highest BCUT2D eigenvalue weighted by atomic mass is 32.1. The minimum atomic E-state index is 0.729. The molecule has 74 valence electrons. The Hall–Kier alpha value is -1.74. The third-order valence-electron chi connectivity index (χ3n) is 1.95. The van der Waals surface area contributed by atoms with Crippen LogP contribution in [0.5, 0.6) is 0 Å². The second-order valence-corrected chi connectivity index (χ2v) is 3.89. The number of carbonyl (C=O) groups is 1. The monoisotopic (exact) mass is 215 g/mol. The minimum Gasteiger partial charge on any atom is -0.298 e. The fourth-order valence-electron chi connectivity index (χ4n) is 1.20. The quantitative estimate of drug-likeness (QED) is 0.736. The van der Waals surface area contributed by atoms with E-state index >= 15 is 0 Å². The molecule has 0 radical (unpaired) electrons. The van der Waals surface area contributed by atoms with Crippen LogP contribution in [0.1, 0.15) is 20.9 Å². The first-order valence-corrected chi connectivity index (χ1v) is 5.40. The summed E-state index contributed by atoms with van der Waals surface area (Å²) in [6.45, 7) is 0. The normalized spacial score (nSPS) is 10.7. The van der Waals surface area contributed by atoms with E-state index in [1.165, 1.54) is 0 Å². The van der Waals surface area contributed by atoms with Crippen LogP contribution in [0, 0.1) is 0 Å². The standard InChI is InChI=1S/C12H9NOS/c14-9-10-6-8-15-12(10)5-4-11-3-1-2-7-13-11/h1-9H/b5-4+. The Kier molecular flexibility index (Phi) is 3.05. The van der Waals surface area contributed by atoms with Crippen molar-refractivity contribution in [2.24, 2.45) is 0 Å². The second kappa shape index (κ2) is 4.66. The third kappa shape index (κ3) is 2.39. The van der Waals surface area contributed by atoms with Gasteiger partial charge in [0, 0.05) is 16.6 Å². The zero-order chi connectivity index (χ0) is 10.5. The first kappa shape index (κ1) is 9.80. The van der Waals surface area contributed by atoms with Crippen molar-refractivity contribution in [1.29, 1.82) is 0 Å². The van der Waals surface area contributed by atoms with Crippen LogP contribution in [0.15, 0.2) is 35.8 Å². The van der Waals surface area contributed by atoms with Crippen LogP contribution in [0.3, 0.4) is 0 Å². The van der Waals surface area contributed by atoms with Crippen molar-refractivity contribution in [3.63, 3.8) is 0 Å². The molecule has 0 aliphatic rings. The number of aromatic nitrogens is 1. The number of nitrogens with zero attached hydrogens (tertiary/aromatic N) is 1. The molecule has 0 saturated carbocycles. The molecule has 0 aromatic carbocycles. The van der Waals surface area contributed by atoms with Crippen molar-refractivity contribution in [2.75, 3.05) is 0 Å². The van der Waals surface area contributed by atoms with Gasteiger partial charge >= 0.3 is 0 Å². The van der Waals surface area contributed by atoms with Crippen molar-refractivity contribution in [1.82, 2.24) is 4.98 Å². The predicted octanol–water partition coefficient (Wildman–Crippen LogP) is 3.13. The smallest absolute Gasteiger partial charge is 0.151 e. The summed E-state index contributed by atoms with van der Waals surface area (Å²) in [6.07, 6.45) is 6.43. The zero-order valence-electron chi connectivity index (χ0n) is 7.96. The van der Waals surface area contributed by atoms with Crippen molar-refractivity contribution in [3.8, 4) is 0 Å². The van der Waals surface area contributed by atoms with Gasteiger partial charge in [-0.15, -0.1) is 11.3 Å². The van der Waals surface area contributed by atoms with E-state index in [9.17, 15) is 4.79 Å². The molecule has 3 heteroatoms. The zero-order valence-corrected chi connectivity index (χ0v) is 8.78. The van der Waals surface area contributed by atoms with Crippen LogP contribution in [0.25, 0.3) is 12.2 Å². The van der Waals surface area contributed by atoms with Gasteiger partial charge in [0.1, 0.15) is 0 Å². The predicted molar refractivity (Wildman–Crippen MR) is 62.9 cm³/mol. The van der Waals surface area contributed by atoms with Crippen LogP contribution in [0.4, 0.5) is 0 Å². The van der Waals surface area contributed by atoms with E-state index < -0.39 is 0 Å². The average Bonchev–Trinajstić information content (AvgIpc) is 2.75. The maximum absolute atomic E-state index is 10.7. The maximum atomic E-state index is 10.7. The second-order valence-electron chi connectivity index (χ2n) is 2.95. The molecule has 0 bridgehead atoms. The number of carbonyl (C=O) groups excluding carboxylic acids is 1. The molecule has 2 rings (SSSR count). The number of rotatable bonds is 3. The van der Waals surface area contributed by atoms with E-state index in [-0.39, 0.29) is 0 Å². The molecule has 2 nitrogen and oxygen atoms in total.